The van der Waals surface area contributed by atoms with Gasteiger partial charge in [-0.05, 0) is 37.5 Å². The predicted octanol–water partition coefficient (Wildman–Crippen LogP) is 4.14. The lowest BCUT2D eigenvalue weighted by atomic mass is 10.1. The number of piperidine rings is 1. The molecule has 2 N–H and O–H groups in total. The van der Waals surface area contributed by atoms with Crippen LogP contribution in [0.4, 0.5) is 17.4 Å². The topological polar surface area (TPSA) is 113 Å². The van der Waals surface area contributed by atoms with Gasteiger partial charge in [0.2, 0.25) is 0 Å². The minimum Gasteiger partial charge on any atom is -0.451 e. The van der Waals surface area contributed by atoms with Gasteiger partial charge in [-0.3, -0.25) is 9.89 Å². The Hall–Kier alpha value is -3.79. The van der Waals surface area contributed by atoms with E-state index >= 15 is 0 Å². The number of anilines is 3. The van der Waals surface area contributed by atoms with E-state index in [-0.39, 0.29) is 11.7 Å². The van der Waals surface area contributed by atoms with Gasteiger partial charge >= 0.3 is 0 Å². The summed E-state index contributed by atoms with van der Waals surface area (Å²) in [6.45, 7) is 3.08. The van der Waals surface area contributed by atoms with Crippen molar-refractivity contribution in [2.24, 2.45) is 0 Å². The number of furan rings is 1. The fraction of sp³-hybridized carbons (Fsp3) is 0.375. The number of carbonyl (C=O) groups excluding carboxylic acids is 1. The van der Waals surface area contributed by atoms with Crippen molar-refractivity contribution in [3.63, 3.8) is 0 Å². The zero-order valence-corrected chi connectivity index (χ0v) is 19.3. The Morgan fingerprint density at radius 1 is 1.24 bits per heavy atom. The van der Waals surface area contributed by atoms with Crippen molar-refractivity contribution in [3.05, 3.63) is 42.4 Å². The fourth-order valence-electron chi connectivity index (χ4n) is 4.12. The van der Waals surface area contributed by atoms with E-state index < -0.39 is 0 Å². The lowest BCUT2D eigenvalue weighted by Crippen LogP contribution is -2.30. The number of nitrogens with one attached hydrogen (secondary N) is 2. The Bertz CT molecular complexity index is 1260. The molecule has 1 saturated heterocycles. The number of hydrogen-bond donors (Lipinski definition) is 2. The molecule has 10 heteroatoms. The highest BCUT2D eigenvalue weighted by Gasteiger charge is 2.22. The van der Waals surface area contributed by atoms with E-state index in [1.165, 1.54) is 6.42 Å². The highest BCUT2D eigenvalue weighted by molar-refractivity contribution is 6.06. The van der Waals surface area contributed by atoms with E-state index in [1.807, 2.05) is 24.1 Å². The average molecular weight is 465 g/mol. The van der Waals surface area contributed by atoms with E-state index in [4.69, 9.17) is 13.6 Å². The number of oxazole rings is 1. The maximum absolute atomic E-state index is 13.1. The van der Waals surface area contributed by atoms with Gasteiger partial charge in [0.05, 0.1) is 29.7 Å². The highest BCUT2D eigenvalue weighted by Crippen LogP contribution is 2.35. The largest absolute Gasteiger partial charge is 0.451 e. The van der Waals surface area contributed by atoms with Crippen molar-refractivity contribution in [2.45, 2.75) is 19.3 Å². The number of nitrogens with zero attached hydrogens (tertiary/aromatic N) is 4. The lowest BCUT2D eigenvalue weighted by Gasteiger charge is -2.30. The van der Waals surface area contributed by atoms with Crippen molar-refractivity contribution in [1.82, 2.24) is 15.2 Å². The molecule has 4 aromatic rings. The number of benzene rings is 1. The summed E-state index contributed by atoms with van der Waals surface area (Å²) in [6.07, 6.45) is 6.80. The van der Waals surface area contributed by atoms with Gasteiger partial charge in [-0.15, -0.1) is 0 Å². The van der Waals surface area contributed by atoms with Gasteiger partial charge in [-0.1, -0.05) is 0 Å². The van der Waals surface area contributed by atoms with Crippen LogP contribution in [0.15, 0.2) is 45.5 Å². The first-order valence-corrected chi connectivity index (χ1v) is 11.4. The minimum atomic E-state index is -0.329. The van der Waals surface area contributed by atoms with Gasteiger partial charge in [0.1, 0.15) is 11.3 Å². The zero-order chi connectivity index (χ0) is 23.5. The molecule has 1 aliphatic rings. The second kappa shape index (κ2) is 9.60. The molecule has 10 nitrogen and oxygen atoms in total. The molecular formula is C24H28N6O4. The number of carbonyl (C=O) groups is 1. The average Bonchev–Trinajstić information content (AvgIpc) is 3.62. The lowest BCUT2D eigenvalue weighted by molar-refractivity contribution is 0.0997. The normalized spacial score (nSPS) is 14.0. The molecule has 1 fully saturated rings. The Kier molecular flexibility index (Phi) is 6.22. The van der Waals surface area contributed by atoms with Crippen molar-refractivity contribution < 1.29 is 18.4 Å². The maximum Gasteiger partial charge on any atom is 0.298 e. The van der Waals surface area contributed by atoms with Gasteiger partial charge in [-0.25, -0.2) is 0 Å². The summed E-state index contributed by atoms with van der Waals surface area (Å²) in [4.78, 5) is 22.0. The molecule has 0 radical (unpaired) electrons. The number of ether oxygens (including phenoxy) is 1. The highest BCUT2D eigenvalue weighted by atomic mass is 16.5. The van der Waals surface area contributed by atoms with E-state index in [1.54, 1.807) is 31.6 Å². The summed E-state index contributed by atoms with van der Waals surface area (Å²) in [6, 6.07) is 7.77. The molecule has 0 bridgehead atoms. The van der Waals surface area contributed by atoms with E-state index in [0.29, 0.717) is 36.2 Å². The van der Waals surface area contributed by atoms with Crippen LogP contribution in [0.1, 0.15) is 29.8 Å². The number of aromatic amines is 1. The third-order valence-corrected chi connectivity index (χ3v) is 6.01. The van der Waals surface area contributed by atoms with Gasteiger partial charge < -0.3 is 28.7 Å². The number of fused-ring (bicyclic) bond motifs is 1. The number of rotatable bonds is 8. The molecule has 1 aromatic carbocycles. The van der Waals surface area contributed by atoms with Gasteiger partial charge in [0, 0.05) is 46.1 Å². The predicted molar refractivity (Wildman–Crippen MR) is 129 cm³/mol. The van der Waals surface area contributed by atoms with Gasteiger partial charge in [-0.2, -0.15) is 10.1 Å². The number of likely N-dealkylation sites (N-methyl/N-ethyl adjacent to an activating group) is 1. The molecule has 0 aliphatic carbocycles. The van der Waals surface area contributed by atoms with Crippen LogP contribution in [0, 0.1) is 0 Å². The Labute approximate surface area is 196 Å². The van der Waals surface area contributed by atoms with Crippen LogP contribution in [0.5, 0.6) is 0 Å². The zero-order valence-electron chi connectivity index (χ0n) is 19.3. The standard InChI is InChI=1S/C24H28N6O4/c1-29(10-11-32-2)24-28-18-12-19(30-8-4-3-5-9-30)17(13-22(18)34-24)27-23(31)21-7-6-20(33-21)16-14-25-26-15-16/h6-7,12-15H,3-5,8-11H2,1-2H3,(H,25,26)(H,27,31). The molecule has 3 aromatic heterocycles. The molecule has 178 valence electrons. The van der Waals surface area contributed by atoms with Crippen LogP contribution >= 0.6 is 0 Å². The molecule has 0 unspecified atom stereocenters. The van der Waals surface area contributed by atoms with Crippen LogP contribution in [0.3, 0.4) is 0 Å². The molecule has 1 amide bonds. The van der Waals surface area contributed by atoms with Crippen LogP contribution in [0.2, 0.25) is 0 Å². The van der Waals surface area contributed by atoms with Crippen molar-refractivity contribution in [1.29, 1.82) is 0 Å². The van der Waals surface area contributed by atoms with E-state index in [0.717, 1.165) is 42.7 Å². The van der Waals surface area contributed by atoms with E-state index in [9.17, 15) is 4.79 Å². The molecule has 0 spiro atoms. The van der Waals surface area contributed by atoms with Crippen molar-refractivity contribution in [2.75, 3.05) is 55.5 Å². The Balaban J connectivity index is 1.45. The number of H-pyrrole nitrogens is 1. The third kappa shape index (κ3) is 4.49. The molecular weight excluding hydrogens is 436 g/mol. The summed E-state index contributed by atoms with van der Waals surface area (Å²) >= 11 is 0. The van der Waals surface area contributed by atoms with Gasteiger partial charge in [0.25, 0.3) is 11.9 Å². The number of aromatic nitrogens is 3. The van der Waals surface area contributed by atoms with Crippen LogP contribution < -0.4 is 15.1 Å². The van der Waals surface area contributed by atoms with Crippen LogP contribution in [-0.2, 0) is 4.74 Å². The quantitative estimate of drug-likeness (QED) is 0.400. The molecule has 0 atom stereocenters. The third-order valence-electron chi connectivity index (χ3n) is 6.01. The smallest absolute Gasteiger partial charge is 0.298 e. The monoisotopic (exact) mass is 464 g/mol. The summed E-state index contributed by atoms with van der Waals surface area (Å²) in [5, 5.41) is 9.70. The summed E-state index contributed by atoms with van der Waals surface area (Å²) < 4.78 is 16.9. The first kappa shape index (κ1) is 22.0. The molecule has 1 aliphatic heterocycles. The Morgan fingerprint density at radius 2 is 2.09 bits per heavy atom. The second-order valence-corrected chi connectivity index (χ2v) is 8.40. The first-order chi connectivity index (χ1) is 16.6. The SMILES string of the molecule is COCCN(C)c1nc2cc(N3CCCCC3)c(NC(=O)c3ccc(-c4cn[nH]c4)o3)cc2o1. The molecule has 0 saturated carbocycles. The summed E-state index contributed by atoms with van der Waals surface area (Å²) in [7, 11) is 3.57. The summed E-state index contributed by atoms with van der Waals surface area (Å²) in [5.74, 6) is 0.465. The maximum atomic E-state index is 13.1. The van der Waals surface area contributed by atoms with Crippen LogP contribution in [-0.4, -0.2) is 61.5 Å². The Morgan fingerprint density at radius 3 is 2.85 bits per heavy atom. The second-order valence-electron chi connectivity index (χ2n) is 8.40. The van der Waals surface area contributed by atoms with Crippen molar-refractivity contribution >= 4 is 34.4 Å². The molecule has 4 heterocycles. The molecule has 34 heavy (non-hydrogen) atoms. The van der Waals surface area contributed by atoms with Gasteiger partial charge in [0.15, 0.2) is 11.3 Å². The summed E-state index contributed by atoms with van der Waals surface area (Å²) in [5.41, 5.74) is 3.73. The van der Waals surface area contributed by atoms with E-state index in [2.05, 4.69) is 25.4 Å². The number of hydrogen-bond acceptors (Lipinski definition) is 8. The van der Waals surface area contributed by atoms with Crippen LogP contribution in [0.25, 0.3) is 22.4 Å². The number of methoxy groups -OCH3 is 1. The molecule has 5 rings (SSSR count). The number of amides is 1. The fourth-order valence-corrected chi connectivity index (χ4v) is 4.12. The minimum absolute atomic E-state index is 0.221. The van der Waals surface area contributed by atoms with Crippen molar-refractivity contribution in [3.8, 4) is 11.3 Å². The first-order valence-electron chi connectivity index (χ1n) is 11.4.